The highest BCUT2D eigenvalue weighted by Gasteiger charge is 2.09. The van der Waals surface area contributed by atoms with Crippen LogP contribution in [-0.2, 0) is 24.3 Å². The van der Waals surface area contributed by atoms with Gasteiger partial charge < -0.3 is 15.0 Å². The number of methoxy groups -OCH3 is 1. The summed E-state index contributed by atoms with van der Waals surface area (Å²) < 4.78 is 5.36. The molecule has 0 bridgehead atoms. The molecule has 0 aromatic heterocycles. The van der Waals surface area contributed by atoms with Crippen LogP contribution in [0.2, 0.25) is 0 Å². The molecule has 0 unspecified atom stereocenters. The Bertz CT molecular complexity index is 994. The summed E-state index contributed by atoms with van der Waals surface area (Å²) in [6.07, 6.45) is 0.331. The van der Waals surface area contributed by atoms with Crippen LogP contribution in [0.3, 0.4) is 0 Å². The van der Waals surface area contributed by atoms with Crippen LogP contribution in [0.1, 0.15) is 22.3 Å². The predicted octanol–water partition coefficient (Wildman–Crippen LogP) is 4.59. The number of rotatable bonds is 8. The van der Waals surface area contributed by atoms with Gasteiger partial charge in [0.05, 0.1) is 13.5 Å². The van der Waals surface area contributed by atoms with Gasteiger partial charge in [0.2, 0.25) is 5.91 Å². The maximum absolute atomic E-state index is 12.5. The molecule has 0 radical (unpaired) electrons. The molecule has 4 heteroatoms. The van der Waals surface area contributed by atoms with Crippen LogP contribution in [0.25, 0.3) is 11.1 Å². The zero-order chi connectivity index (χ0) is 21.5. The van der Waals surface area contributed by atoms with Gasteiger partial charge in [0.1, 0.15) is 5.75 Å². The molecule has 0 saturated heterocycles. The summed E-state index contributed by atoms with van der Waals surface area (Å²) in [4.78, 5) is 14.7. The minimum absolute atomic E-state index is 0.00274. The van der Waals surface area contributed by atoms with Gasteiger partial charge in [-0.3, -0.25) is 4.79 Å². The summed E-state index contributed by atoms with van der Waals surface area (Å²) in [5, 5.41) is 3.06. The summed E-state index contributed by atoms with van der Waals surface area (Å²) in [7, 11) is 5.79. The molecule has 4 nitrogen and oxygen atoms in total. The average Bonchev–Trinajstić information content (AvgIpc) is 2.74. The van der Waals surface area contributed by atoms with Crippen LogP contribution in [0.4, 0.5) is 0 Å². The third kappa shape index (κ3) is 5.71. The molecule has 1 amide bonds. The molecule has 0 heterocycles. The van der Waals surface area contributed by atoms with E-state index < -0.39 is 0 Å². The quantitative estimate of drug-likeness (QED) is 0.599. The first kappa shape index (κ1) is 21.6. The maximum Gasteiger partial charge on any atom is 0.224 e. The van der Waals surface area contributed by atoms with Gasteiger partial charge in [-0.2, -0.15) is 0 Å². The van der Waals surface area contributed by atoms with Gasteiger partial charge in [-0.1, -0.05) is 60.7 Å². The van der Waals surface area contributed by atoms with E-state index in [4.69, 9.17) is 4.74 Å². The van der Waals surface area contributed by atoms with Crippen molar-refractivity contribution in [3.05, 3.63) is 89.0 Å². The topological polar surface area (TPSA) is 41.6 Å². The lowest BCUT2D eigenvalue weighted by Gasteiger charge is -2.13. The lowest BCUT2D eigenvalue weighted by Crippen LogP contribution is -2.24. The lowest BCUT2D eigenvalue weighted by molar-refractivity contribution is -0.120. The van der Waals surface area contributed by atoms with E-state index in [2.05, 4.69) is 60.7 Å². The van der Waals surface area contributed by atoms with Gasteiger partial charge in [-0.05, 0) is 60.5 Å². The van der Waals surface area contributed by atoms with Crippen LogP contribution in [0, 0.1) is 6.92 Å². The second kappa shape index (κ2) is 10.1. The summed E-state index contributed by atoms with van der Waals surface area (Å²) in [5.41, 5.74) is 6.69. The number of aryl methyl sites for hydroxylation is 1. The number of carbonyl (C=O) groups excluding carboxylic acids is 1. The van der Waals surface area contributed by atoms with Gasteiger partial charge in [-0.15, -0.1) is 0 Å². The van der Waals surface area contributed by atoms with Crippen molar-refractivity contribution in [1.29, 1.82) is 0 Å². The number of amides is 1. The van der Waals surface area contributed by atoms with E-state index >= 15 is 0 Å². The summed E-state index contributed by atoms with van der Waals surface area (Å²) >= 11 is 0. The van der Waals surface area contributed by atoms with Crippen molar-refractivity contribution in [2.45, 2.75) is 26.4 Å². The van der Waals surface area contributed by atoms with Crippen molar-refractivity contribution in [2.75, 3.05) is 21.2 Å². The molecular formula is C26H30N2O2. The number of ether oxygens (including phenoxy) is 1. The third-order valence-electron chi connectivity index (χ3n) is 5.09. The van der Waals surface area contributed by atoms with Gasteiger partial charge in [0.15, 0.2) is 0 Å². The van der Waals surface area contributed by atoms with Crippen molar-refractivity contribution >= 4 is 5.91 Å². The molecule has 0 aliphatic carbocycles. The number of carbonyl (C=O) groups is 1. The van der Waals surface area contributed by atoms with E-state index in [-0.39, 0.29) is 5.91 Å². The van der Waals surface area contributed by atoms with Crippen LogP contribution in [0.15, 0.2) is 66.7 Å². The Morgan fingerprint density at radius 3 is 2.37 bits per heavy atom. The van der Waals surface area contributed by atoms with Crippen LogP contribution < -0.4 is 10.1 Å². The molecule has 0 saturated carbocycles. The van der Waals surface area contributed by atoms with Gasteiger partial charge >= 0.3 is 0 Å². The van der Waals surface area contributed by atoms with E-state index in [9.17, 15) is 4.79 Å². The van der Waals surface area contributed by atoms with Gasteiger partial charge in [0.25, 0.3) is 0 Å². The Morgan fingerprint density at radius 2 is 1.67 bits per heavy atom. The van der Waals surface area contributed by atoms with E-state index in [1.165, 1.54) is 5.56 Å². The molecule has 0 spiro atoms. The molecule has 0 aliphatic heterocycles. The normalized spacial score (nSPS) is 10.8. The van der Waals surface area contributed by atoms with E-state index in [1.54, 1.807) is 7.11 Å². The first-order valence-electron chi connectivity index (χ1n) is 10.2. The Labute approximate surface area is 179 Å². The van der Waals surface area contributed by atoms with Crippen molar-refractivity contribution in [1.82, 2.24) is 10.2 Å². The number of hydrogen-bond acceptors (Lipinski definition) is 3. The Morgan fingerprint density at radius 1 is 0.967 bits per heavy atom. The van der Waals surface area contributed by atoms with E-state index in [1.807, 2.05) is 37.3 Å². The van der Waals surface area contributed by atoms with Crippen LogP contribution in [0.5, 0.6) is 5.75 Å². The lowest BCUT2D eigenvalue weighted by atomic mass is 9.98. The number of nitrogens with zero attached hydrogens (tertiary/aromatic N) is 1. The highest BCUT2D eigenvalue weighted by atomic mass is 16.5. The summed E-state index contributed by atoms with van der Waals surface area (Å²) in [5.74, 6) is 0.806. The SMILES string of the molecule is COc1cc(CC(=O)NCc2ccccc2-c2ccc(CN(C)C)cc2)ccc1C. The molecule has 3 aromatic carbocycles. The number of hydrogen-bond donors (Lipinski definition) is 1. The molecule has 1 N–H and O–H groups in total. The fourth-order valence-corrected chi connectivity index (χ4v) is 3.53. The van der Waals surface area contributed by atoms with Crippen LogP contribution >= 0.6 is 0 Å². The summed E-state index contributed by atoms with van der Waals surface area (Å²) in [6.45, 7) is 3.41. The molecular weight excluding hydrogens is 372 g/mol. The molecule has 156 valence electrons. The largest absolute Gasteiger partial charge is 0.496 e. The highest BCUT2D eigenvalue weighted by Crippen LogP contribution is 2.24. The minimum Gasteiger partial charge on any atom is -0.496 e. The Kier molecular flexibility index (Phi) is 7.26. The smallest absolute Gasteiger partial charge is 0.224 e. The average molecular weight is 403 g/mol. The zero-order valence-corrected chi connectivity index (χ0v) is 18.2. The standard InChI is InChI=1S/C26H30N2O2/c1-19-9-10-21(15-25(19)30-4)16-26(29)27-17-23-7-5-6-8-24(23)22-13-11-20(12-14-22)18-28(2)3/h5-15H,16-18H2,1-4H3,(H,27,29). The molecule has 0 atom stereocenters. The Balaban J connectivity index is 1.67. The predicted molar refractivity (Wildman–Crippen MR) is 123 cm³/mol. The van der Waals surface area contributed by atoms with Gasteiger partial charge in [-0.25, -0.2) is 0 Å². The fourth-order valence-electron chi connectivity index (χ4n) is 3.53. The minimum atomic E-state index is -0.00274. The second-order valence-electron chi connectivity index (χ2n) is 7.85. The first-order valence-corrected chi connectivity index (χ1v) is 10.2. The van der Waals surface area contributed by atoms with Crippen molar-refractivity contribution in [2.24, 2.45) is 0 Å². The van der Waals surface area contributed by atoms with Crippen LogP contribution in [-0.4, -0.2) is 32.0 Å². The Hall–Kier alpha value is -3.11. The monoisotopic (exact) mass is 402 g/mol. The summed E-state index contributed by atoms with van der Waals surface area (Å²) in [6, 6.07) is 22.7. The first-order chi connectivity index (χ1) is 14.5. The van der Waals surface area contributed by atoms with E-state index in [0.29, 0.717) is 13.0 Å². The highest BCUT2D eigenvalue weighted by molar-refractivity contribution is 5.79. The third-order valence-corrected chi connectivity index (χ3v) is 5.09. The fraction of sp³-hybridized carbons (Fsp3) is 0.269. The van der Waals surface area contributed by atoms with Crippen molar-refractivity contribution < 1.29 is 9.53 Å². The maximum atomic E-state index is 12.5. The molecule has 0 fully saturated rings. The molecule has 3 rings (SSSR count). The molecule has 30 heavy (non-hydrogen) atoms. The van der Waals surface area contributed by atoms with Crippen molar-refractivity contribution in [3.63, 3.8) is 0 Å². The number of nitrogens with one attached hydrogen (secondary N) is 1. The van der Waals surface area contributed by atoms with Gasteiger partial charge in [0, 0.05) is 13.1 Å². The molecule has 0 aliphatic rings. The van der Waals surface area contributed by atoms with Crippen molar-refractivity contribution in [3.8, 4) is 16.9 Å². The van der Waals surface area contributed by atoms with E-state index in [0.717, 1.165) is 40.1 Å². The zero-order valence-electron chi connectivity index (χ0n) is 18.2. The second-order valence-corrected chi connectivity index (χ2v) is 7.85. The molecule has 3 aromatic rings. The number of benzene rings is 3.